The Morgan fingerprint density at radius 3 is 1.64 bits per heavy atom. The zero-order valence-corrected chi connectivity index (χ0v) is 36.1. The van der Waals surface area contributed by atoms with Gasteiger partial charge in [0.15, 0.2) is 5.78 Å². The van der Waals surface area contributed by atoms with Crippen LogP contribution in [0.15, 0.2) is 24.3 Å². The largest absolute Gasteiger partial charge is 0.508 e. The normalized spacial score (nSPS) is 13.2. The first-order valence-corrected chi connectivity index (χ1v) is 21.8. The average molecular weight is 831 g/mol. The van der Waals surface area contributed by atoms with E-state index in [-0.39, 0.29) is 43.9 Å². The zero-order chi connectivity index (χ0) is 44.0. The molecule has 1 aromatic carbocycles. The van der Waals surface area contributed by atoms with Gasteiger partial charge in [0, 0.05) is 25.3 Å². The number of rotatable bonds is 35. The minimum Gasteiger partial charge on any atom is -0.508 e. The fourth-order valence-electron chi connectivity index (χ4n) is 6.62. The van der Waals surface area contributed by atoms with Crippen LogP contribution in [0.5, 0.6) is 5.75 Å². The topological polar surface area (TPSA) is 246 Å². The van der Waals surface area contributed by atoms with Crippen LogP contribution in [0, 0.1) is 0 Å². The van der Waals surface area contributed by atoms with E-state index in [1.165, 1.54) is 76.8 Å². The molecule has 0 unspecified atom stereocenters. The van der Waals surface area contributed by atoms with Gasteiger partial charge in [0.05, 0.1) is 12.5 Å². The van der Waals surface area contributed by atoms with Gasteiger partial charge in [-0.3, -0.25) is 28.8 Å². The van der Waals surface area contributed by atoms with Gasteiger partial charge < -0.3 is 42.5 Å². The lowest BCUT2D eigenvalue weighted by Gasteiger charge is -2.25. The first kappa shape index (κ1) is 52.5. The molecule has 4 atom stereocenters. The summed E-state index contributed by atoms with van der Waals surface area (Å²) in [6.45, 7) is 8.09. The van der Waals surface area contributed by atoms with E-state index >= 15 is 0 Å². The highest BCUT2D eigenvalue weighted by Crippen LogP contribution is 2.15. The van der Waals surface area contributed by atoms with E-state index in [1.54, 1.807) is 12.1 Å². The fraction of sp³-hybridized carbons (Fsp3) is 0.705. The number of unbranched alkanes of at least 4 members (excludes halogenated alkanes) is 13. The molecular formula is C44H74N6O9. The minimum absolute atomic E-state index is 0.00821. The Balaban J connectivity index is 2.84. The first-order chi connectivity index (χ1) is 28.1. The Bertz CT molecular complexity index is 1420. The summed E-state index contributed by atoms with van der Waals surface area (Å²) < 4.78 is 0. The molecule has 0 bridgehead atoms. The van der Waals surface area contributed by atoms with Gasteiger partial charge in [-0.2, -0.15) is 0 Å². The van der Waals surface area contributed by atoms with Gasteiger partial charge in [0.25, 0.3) is 0 Å². The number of hydrogen-bond acceptors (Lipinski definition) is 9. The summed E-state index contributed by atoms with van der Waals surface area (Å²) in [5.74, 6) is -5.06. The number of hydrogen-bond donors (Lipinski definition) is 8. The van der Waals surface area contributed by atoms with Crippen molar-refractivity contribution in [2.75, 3.05) is 6.54 Å². The predicted octanol–water partition coefficient (Wildman–Crippen LogP) is 4.85. The number of amides is 5. The van der Waals surface area contributed by atoms with Gasteiger partial charge in [-0.05, 0) is 63.3 Å². The Morgan fingerprint density at radius 2 is 1.12 bits per heavy atom. The van der Waals surface area contributed by atoms with Gasteiger partial charge in [-0.1, -0.05) is 110 Å². The van der Waals surface area contributed by atoms with Gasteiger partial charge in [-0.15, -0.1) is 0 Å². The summed E-state index contributed by atoms with van der Waals surface area (Å²) in [5.41, 5.74) is 5.84. The maximum absolute atomic E-state index is 13.8. The molecule has 0 fully saturated rings. The van der Waals surface area contributed by atoms with Crippen molar-refractivity contribution < 1.29 is 43.8 Å². The Hall–Kier alpha value is -4.53. The van der Waals surface area contributed by atoms with E-state index in [0.717, 1.165) is 19.3 Å². The lowest BCUT2D eigenvalue weighted by Crippen LogP contribution is -2.56. The van der Waals surface area contributed by atoms with Crippen LogP contribution in [-0.2, 0) is 40.0 Å². The summed E-state index contributed by atoms with van der Waals surface area (Å²) in [4.78, 5) is 89.0. The third kappa shape index (κ3) is 26.2. The quantitative estimate of drug-likeness (QED) is 0.0432. The highest BCUT2D eigenvalue weighted by Gasteiger charge is 2.30. The molecule has 0 aliphatic heterocycles. The van der Waals surface area contributed by atoms with Crippen LogP contribution in [0.2, 0.25) is 0 Å². The number of nitrogens with two attached hydrogens (primary N) is 1. The molecule has 0 radical (unpaired) electrons. The summed E-state index contributed by atoms with van der Waals surface area (Å²) in [6, 6.07) is 1.31. The number of phenolic OH excluding ortho intramolecular Hbond substituents is 1. The van der Waals surface area contributed by atoms with Crippen LogP contribution in [0.3, 0.4) is 0 Å². The molecule has 0 saturated carbocycles. The lowest BCUT2D eigenvalue weighted by atomic mass is 10.0. The second-order valence-electron chi connectivity index (χ2n) is 16.0. The van der Waals surface area contributed by atoms with Crippen LogP contribution in [0.4, 0.5) is 0 Å². The lowest BCUT2D eigenvalue weighted by molar-refractivity contribution is -0.142. The van der Waals surface area contributed by atoms with Crippen molar-refractivity contribution in [2.24, 2.45) is 5.73 Å². The second-order valence-corrected chi connectivity index (χ2v) is 16.0. The molecule has 1 rings (SSSR count). The second kappa shape index (κ2) is 31.4. The number of Topliss-reactive ketones (excluding diaryl/α,β-unsaturated/α-hetero) is 1. The predicted molar refractivity (Wildman–Crippen MR) is 228 cm³/mol. The van der Waals surface area contributed by atoms with E-state index < -0.39 is 71.9 Å². The third-order valence-electron chi connectivity index (χ3n) is 10.1. The van der Waals surface area contributed by atoms with Crippen molar-refractivity contribution in [1.29, 1.82) is 0 Å². The molecule has 0 heterocycles. The van der Waals surface area contributed by atoms with Crippen molar-refractivity contribution in [3.05, 3.63) is 29.8 Å². The Morgan fingerprint density at radius 1 is 0.610 bits per heavy atom. The first-order valence-electron chi connectivity index (χ1n) is 21.8. The molecule has 59 heavy (non-hydrogen) atoms. The molecule has 1 aromatic rings. The van der Waals surface area contributed by atoms with E-state index in [0.29, 0.717) is 31.4 Å². The van der Waals surface area contributed by atoms with E-state index in [4.69, 9.17) is 5.73 Å². The SMILES string of the molecule is CCCCCCCCCCCCCCCC(=O)N[C@@H](CCC(=O)N[C@@H](CCCCNC(C)C)C(=O)N[C@@H](Cc1ccc(O)cc1)C(=O)N[C@@H](CC(N)=O)C(C)=O)C(=O)O. The number of benzene rings is 1. The van der Waals surface area contributed by atoms with Crippen LogP contribution in [-0.4, -0.2) is 88.3 Å². The van der Waals surface area contributed by atoms with Crippen molar-refractivity contribution in [3.63, 3.8) is 0 Å². The number of carbonyl (C=O) groups is 7. The number of aromatic hydroxyl groups is 1. The third-order valence-corrected chi connectivity index (χ3v) is 10.1. The maximum atomic E-state index is 13.8. The number of carbonyl (C=O) groups excluding carboxylic acids is 6. The number of primary amides is 1. The number of nitrogens with one attached hydrogen (secondary N) is 5. The molecular weight excluding hydrogens is 757 g/mol. The van der Waals surface area contributed by atoms with Crippen molar-refractivity contribution in [2.45, 2.75) is 193 Å². The molecule has 0 spiro atoms. The Kier molecular flexibility index (Phi) is 27.9. The number of aliphatic carboxylic acids is 1. The molecule has 9 N–H and O–H groups in total. The zero-order valence-electron chi connectivity index (χ0n) is 36.1. The smallest absolute Gasteiger partial charge is 0.326 e. The van der Waals surface area contributed by atoms with Crippen LogP contribution in [0.1, 0.15) is 162 Å². The Labute approximate surface area is 351 Å². The standard InChI is InChI=1S/C44H74N6O9/c1-5-6-7-8-9-10-11-12-13-14-15-16-17-21-40(54)48-36(44(58)59)26-27-41(55)47-35(20-18-19-28-46-31(2)3)42(56)50-38(29-33-22-24-34(52)25-23-33)43(57)49-37(32(4)51)30-39(45)53/h22-25,31,35-38,46,52H,5-21,26-30H2,1-4H3,(H2,45,53)(H,47,55)(H,48,54)(H,49,57)(H,50,56)(H,58,59)/t35-,36-,37-,38-/m0/s1. The van der Waals surface area contributed by atoms with Gasteiger partial charge >= 0.3 is 5.97 Å². The number of phenols is 1. The maximum Gasteiger partial charge on any atom is 0.326 e. The molecule has 0 aromatic heterocycles. The highest BCUT2D eigenvalue weighted by atomic mass is 16.4. The summed E-state index contributed by atoms with van der Waals surface area (Å²) in [7, 11) is 0. The summed E-state index contributed by atoms with van der Waals surface area (Å²) in [5, 5.41) is 33.2. The molecule has 5 amide bonds. The van der Waals surface area contributed by atoms with Gasteiger partial charge in [0.1, 0.15) is 23.9 Å². The number of ketones is 1. The highest BCUT2D eigenvalue weighted by molar-refractivity contribution is 5.96. The van der Waals surface area contributed by atoms with E-state index in [9.17, 15) is 43.8 Å². The van der Waals surface area contributed by atoms with Crippen LogP contribution >= 0.6 is 0 Å². The van der Waals surface area contributed by atoms with Gasteiger partial charge in [-0.25, -0.2) is 4.79 Å². The monoisotopic (exact) mass is 831 g/mol. The molecule has 15 nitrogen and oxygen atoms in total. The molecule has 334 valence electrons. The fourth-order valence-corrected chi connectivity index (χ4v) is 6.62. The van der Waals surface area contributed by atoms with Crippen molar-refractivity contribution in [1.82, 2.24) is 26.6 Å². The molecule has 0 aliphatic rings. The number of carboxylic acids is 1. The summed E-state index contributed by atoms with van der Waals surface area (Å²) in [6.07, 6.45) is 15.7. The van der Waals surface area contributed by atoms with Gasteiger partial charge in [0.2, 0.25) is 29.5 Å². The van der Waals surface area contributed by atoms with E-state index in [2.05, 4.69) is 33.5 Å². The molecule has 15 heteroatoms. The van der Waals surface area contributed by atoms with Crippen molar-refractivity contribution in [3.8, 4) is 5.75 Å². The number of carboxylic acid groups (broad SMARTS) is 1. The average Bonchev–Trinajstić information content (AvgIpc) is 3.17. The van der Waals surface area contributed by atoms with E-state index in [1.807, 2.05) is 13.8 Å². The minimum atomic E-state index is -1.29. The van der Waals surface area contributed by atoms with Crippen LogP contribution in [0.25, 0.3) is 0 Å². The summed E-state index contributed by atoms with van der Waals surface area (Å²) >= 11 is 0. The van der Waals surface area contributed by atoms with Crippen molar-refractivity contribution >= 4 is 41.3 Å². The molecule has 0 aliphatic carbocycles. The molecule has 0 saturated heterocycles. The van der Waals surface area contributed by atoms with Crippen LogP contribution < -0.4 is 32.3 Å².